The minimum Gasteiger partial charge on any atom is -0.497 e. The topological polar surface area (TPSA) is 117 Å². The van der Waals surface area contributed by atoms with Crippen molar-refractivity contribution in [2.45, 2.75) is 6.54 Å². The van der Waals surface area contributed by atoms with Crippen LogP contribution in [0.5, 0.6) is 17.2 Å². The van der Waals surface area contributed by atoms with Gasteiger partial charge in [-0.05, 0) is 18.2 Å². The van der Waals surface area contributed by atoms with E-state index < -0.39 is 10.0 Å². The van der Waals surface area contributed by atoms with Crippen LogP contribution >= 0.6 is 0 Å². The van der Waals surface area contributed by atoms with Gasteiger partial charge in [-0.2, -0.15) is 5.10 Å². The normalized spacial score (nSPS) is 11.4. The average Bonchev–Trinajstić information content (AvgIpc) is 3.31. The Kier molecular flexibility index (Phi) is 6.99. The Morgan fingerprint density at radius 3 is 2.51 bits per heavy atom. The van der Waals surface area contributed by atoms with Crippen LogP contribution in [0.2, 0.25) is 0 Å². The van der Waals surface area contributed by atoms with Gasteiger partial charge in [-0.1, -0.05) is 18.7 Å². The molecule has 0 unspecified atom stereocenters. The quantitative estimate of drug-likeness (QED) is 0.356. The van der Waals surface area contributed by atoms with E-state index in [0.717, 1.165) is 21.9 Å². The fourth-order valence-corrected chi connectivity index (χ4v) is 4.15. The fraction of sp³-hybridized carbons (Fsp3) is 0.208. The Hall–Kier alpha value is -3.96. The van der Waals surface area contributed by atoms with Crippen molar-refractivity contribution in [1.29, 1.82) is 0 Å². The van der Waals surface area contributed by atoms with E-state index in [1.807, 2.05) is 36.5 Å². The summed E-state index contributed by atoms with van der Waals surface area (Å²) in [7, 11) is 1.19. The molecule has 11 heteroatoms. The van der Waals surface area contributed by atoms with Gasteiger partial charge in [0, 0.05) is 40.7 Å². The SMILES string of the molecule is C=CS(=O)(=O)NCCn1cc(-c2ncnc3cc(OC)c(OC)cc23)c(-c2cccc(OC)c2)n1. The maximum atomic E-state index is 11.7. The van der Waals surface area contributed by atoms with E-state index in [0.29, 0.717) is 40.7 Å². The largest absolute Gasteiger partial charge is 0.497 e. The molecule has 4 aromatic rings. The summed E-state index contributed by atoms with van der Waals surface area (Å²) in [5.41, 5.74) is 3.54. The van der Waals surface area contributed by atoms with Crippen LogP contribution in [0.4, 0.5) is 0 Å². The van der Waals surface area contributed by atoms with Crippen LogP contribution in [-0.2, 0) is 16.6 Å². The molecular weight excluding hydrogens is 470 g/mol. The van der Waals surface area contributed by atoms with Crippen molar-refractivity contribution in [3.05, 3.63) is 60.9 Å². The third-order valence-electron chi connectivity index (χ3n) is 5.36. The second kappa shape index (κ2) is 10.1. The molecule has 1 N–H and O–H groups in total. The third-order valence-corrected chi connectivity index (χ3v) is 6.41. The highest BCUT2D eigenvalue weighted by atomic mass is 32.2. The van der Waals surface area contributed by atoms with Gasteiger partial charge in [0.15, 0.2) is 11.5 Å². The van der Waals surface area contributed by atoms with Gasteiger partial charge in [0.2, 0.25) is 10.0 Å². The fourth-order valence-electron chi connectivity index (χ4n) is 3.65. The predicted molar refractivity (Wildman–Crippen MR) is 133 cm³/mol. The molecule has 0 aliphatic heterocycles. The summed E-state index contributed by atoms with van der Waals surface area (Å²) in [6.45, 7) is 3.75. The number of fused-ring (bicyclic) bond motifs is 1. The van der Waals surface area contributed by atoms with Crippen LogP contribution in [0.15, 0.2) is 60.9 Å². The number of nitrogens with zero attached hydrogens (tertiary/aromatic N) is 4. The highest BCUT2D eigenvalue weighted by Gasteiger charge is 2.19. The van der Waals surface area contributed by atoms with Crippen molar-refractivity contribution in [3.8, 4) is 39.8 Å². The van der Waals surface area contributed by atoms with Crippen LogP contribution in [0.1, 0.15) is 0 Å². The zero-order chi connectivity index (χ0) is 25.0. The van der Waals surface area contributed by atoms with Gasteiger partial charge in [-0.3, -0.25) is 4.68 Å². The first-order chi connectivity index (χ1) is 16.9. The number of hydrogen-bond donors (Lipinski definition) is 1. The summed E-state index contributed by atoms with van der Waals surface area (Å²) < 4.78 is 43.9. The van der Waals surface area contributed by atoms with Crippen LogP contribution in [0.3, 0.4) is 0 Å². The van der Waals surface area contributed by atoms with E-state index in [9.17, 15) is 8.42 Å². The first kappa shape index (κ1) is 24.2. The van der Waals surface area contributed by atoms with Crippen LogP contribution in [-0.4, -0.2) is 56.0 Å². The highest BCUT2D eigenvalue weighted by molar-refractivity contribution is 7.92. The van der Waals surface area contributed by atoms with E-state index >= 15 is 0 Å². The number of methoxy groups -OCH3 is 3. The molecule has 0 bridgehead atoms. The molecule has 0 saturated heterocycles. The number of rotatable bonds is 10. The van der Waals surface area contributed by atoms with Crippen molar-refractivity contribution in [2.75, 3.05) is 27.9 Å². The summed E-state index contributed by atoms with van der Waals surface area (Å²) in [5.74, 6) is 1.79. The van der Waals surface area contributed by atoms with Crippen LogP contribution in [0, 0.1) is 0 Å². The third kappa shape index (κ3) is 5.10. The molecule has 10 nitrogen and oxygen atoms in total. The summed E-state index contributed by atoms with van der Waals surface area (Å²) >= 11 is 0. The molecule has 0 fully saturated rings. The Balaban J connectivity index is 1.86. The number of benzene rings is 2. The zero-order valence-electron chi connectivity index (χ0n) is 19.6. The number of aromatic nitrogens is 4. The Morgan fingerprint density at radius 2 is 1.80 bits per heavy atom. The van der Waals surface area contributed by atoms with Crippen LogP contribution in [0.25, 0.3) is 33.4 Å². The summed E-state index contributed by atoms with van der Waals surface area (Å²) in [6, 6.07) is 11.1. The lowest BCUT2D eigenvalue weighted by molar-refractivity contribution is 0.356. The van der Waals surface area contributed by atoms with Gasteiger partial charge in [0.25, 0.3) is 0 Å². The van der Waals surface area contributed by atoms with E-state index in [1.165, 1.54) is 6.33 Å². The van der Waals surface area contributed by atoms with Gasteiger partial charge in [-0.15, -0.1) is 0 Å². The molecule has 0 amide bonds. The number of ether oxygens (including phenoxy) is 3. The molecule has 182 valence electrons. The van der Waals surface area contributed by atoms with Crippen molar-refractivity contribution in [1.82, 2.24) is 24.5 Å². The first-order valence-corrected chi connectivity index (χ1v) is 12.1. The summed E-state index contributed by atoms with van der Waals surface area (Å²) in [4.78, 5) is 8.96. The van der Waals surface area contributed by atoms with Crippen LogP contribution < -0.4 is 18.9 Å². The molecule has 35 heavy (non-hydrogen) atoms. The van der Waals surface area contributed by atoms with Crippen molar-refractivity contribution in [3.63, 3.8) is 0 Å². The minimum atomic E-state index is -3.54. The molecule has 0 saturated carbocycles. The molecule has 0 radical (unpaired) electrons. The lowest BCUT2D eigenvalue weighted by Gasteiger charge is -2.11. The summed E-state index contributed by atoms with van der Waals surface area (Å²) in [6.07, 6.45) is 3.31. The van der Waals surface area contributed by atoms with E-state index in [-0.39, 0.29) is 6.54 Å². The van der Waals surface area contributed by atoms with Gasteiger partial charge in [0.05, 0.1) is 39.1 Å². The molecule has 0 aliphatic carbocycles. The molecule has 0 aliphatic rings. The molecule has 0 spiro atoms. The molecule has 2 aromatic heterocycles. The predicted octanol–water partition coefficient (Wildman–Crippen LogP) is 3.25. The number of hydrogen-bond acceptors (Lipinski definition) is 8. The standard InChI is InChI=1S/C24H25N5O5S/c1-5-35(30,31)27-9-10-29-14-19(23(28-29)16-7-6-8-17(11-16)32-2)24-18-12-21(33-3)22(34-4)13-20(18)25-15-26-24/h5-8,11-15,27H,1,9-10H2,2-4H3. The monoisotopic (exact) mass is 495 g/mol. The smallest absolute Gasteiger partial charge is 0.233 e. The second-order valence-corrected chi connectivity index (χ2v) is 9.15. The number of sulfonamides is 1. The maximum Gasteiger partial charge on any atom is 0.233 e. The molecular formula is C24H25N5O5S. The highest BCUT2D eigenvalue weighted by Crippen LogP contribution is 2.38. The first-order valence-electron chi connectivity index (χ1n) is 10.6. The maximum absolute atomic E-state index is 11.7. The second-order valence-electron chi connectivity index (χ2n) is 7.44. The van der Waals surface area contributed by atoms with Crippen molar-refractivity contribution >= 4 is 20.9 Å². The van der Waals surface area contributed by atoms with E-state index in [1.54, 1.807) is 32.1 Å². The van der Waals surface area contributed by atoms with Crippen molar-refractivity contribution in [2.24, 2.45) is 0 Å². The number of nitrogens with one attached hydrogen (secondary N) is 1. The van der Waals surface area contributed by atoms with Crippen molar-refractivity contribution < 1.29 is 22.6 Å². The Morgan fingerprint density at radius 1 is 1.03 bits per heavy atom. The van der Waals surface area contributed by atoms with Gasteiger partial charge in [-0.25, -0.2) is 23.1 Å². The molecule has 4 rings (SSSR count). The lowest BCUT2D eigenvalue weighted by Crippen LogP contribution is -2.25. The minimum absolute atomic E-state index is 0.141. The van der Waals surface area contributed by atoms with E-state index in [4.69, 9.17) is 19.3 Å². The Labute approximate surface area is 203 Å². The van der Waals surface area contributed by atoms with E-state index in [2.05, 4.69) is 21.3 Å². The molecule has 0 atom stereocenters. The van der Waals surface area contributed by atoms with Gasteiger partial charge >= 0.3 is 0 Å². The molecule has 2 aromatic carbocycles. The van der Waals surface area contributed by atoms with Gasteiger partial charge < -0.3 is 14.2 Å². The molecule has 2 heterocycles. The average molecular weight is 496 g/mol. The van der Waals surface area contributed by atoms with Gasteiger partial charge in [0.1, 0.15) is 17.8 Å². The zero-order valence-corrected chi connectivity index (χ0v) is 20.4. The summed E-state index contributed by atoms with van der Waals surface area (Å²) in [5, 5.41) is 6.37. The lowest BCUT2D eigenvalue weighted by atomic mass is 10.0. The Bertz CT molecular complexity index is 1480.